The molecule has 0 saturated heterocycles. The molecule has 2 nitrogen and oxygen atoms in total. The number of methoxy groups -OCH3 is 1. The number of hydrogen-bond acceptors (Lipinski definition) is 2. The zero-order valence-electron chi connectivity index (χ0n) is 23.3. The normalized spacial score (nSPS) is 48.0. The van der Waals surface area contributed by atoms with Crippen molar-refractivity contribution in [3.05, 3.63) is 0 Å². The van der Waals surface area contributed by atoms with E-state index in [1.807, 2.05) is 7.11 Å². The zero-order chi connectivity index (χ0) is 24.1. The molecule has 4 aliphatic rings. The molecule has 33 heavy (non-hydrogen) atoms. The van der Waals surface area contributed by atoms with Crippen LogP contribution in [0.3, 0.4) is 0 Å². The second kappa shape index (κ2) is 9.76. The summed E-state index contributed by atoms with van der Waals surface area (Å²) in [7, 11) is 1.99. The first-order valence-electron chi connectivity index (χ1n) is 14.8. The highest BCUT2D eigenvalue weighted by molar-refractivity contribution is 5.11. The number of rotatable bonds is 7. The molecule has 1 N–H and O–H groups in total. The van der Waals surface area contributed by atoms with E-state index >= 15 is 0 Å². The van der Waals surface area contributed by atoms with Crippen molar-refractivity contribution in [2.45, 2.75) is 125 Å². The fourth-order valence-corrected chi connectivity index (χ4v) is 10.6. The van der Waals surface area contributed by atoms with Crippen LogP contribution in [0.1, 0.15) is 113 Å². The maximum absolute atomic E-state index is 11.1. The lowest BCUT2D eigenvalue weighted by molar-refractivity contribution is -0.173. The Hall–Kier alpha value is -0.0800. The van der Waals surface area contributed by atoms with E-state index in [1.54, 1.807) is 0 Å². The van der Waals surface area contributed by atoms with Crippen LogP contribution in [0.2, 0.25) is 0 Å². The second-order valence-electron chi connectivity index (χ2n) is 14.2. The Labute approximate surface area is 206 Å². The third kappa shape index (κ3) is 4.36. The quantitative estimate of drug-likeness (QED) is 0.417. The van der Waals surface area contributed by atoms with E-state index in [0.717, 1.165) is 48.3 Å². The van der Waals surface area contributed by atoms with Crippen molar-refractivity contribution >= 4 is 0 Å². The maximum Gasteiger partial charge on any atom is 0.0607 e. The number of hydrogen-bond donors (Lipinski definition) is 1. The minimum Gasteiger partial charge on any atom is -0.393 e. The van der Waals surface area contributed by atoms with Gasteiger partial charge in [0.1, 0.15) is 0 Å². The fraction of sp³-hybridized carbons (Fsp3) is 1.00. The number of fused-ring (bicyclic) bond motifs is 5. The highest BCUT2D eigenvalue weighted by Gasteiger charge is 2.62. The van der Waals surface area contributed by atoms with Crippen LogP contribution in [0.5, 0.6) is 0 Å². The fourth-order valence-electron chi connectivity index (χ4n) is 10.6. The van der Waals surface area contributed by atoms with Gasteiger partial charge in [-0.15, -0.1) is 0 Å². The van der Waals surface area contributed by atoms with Crippen LogP contribution in [-0.4, -0.2) is 24.4 Å². The first-order valence-corrected chi connectivity index (χ1v) is 14.8. The van der Waals surface area contributed by atoms with Crippen molar-refractivity contribution in [3.63, 3.8) is 0 Å². The first-order chi connectivity index (χ1) is 15.6. The molecule has 0 aliphatic heterocycles. The molecule has 192 valence electrons. The van der Waals surface area contributed by atoms with Crippen molar-refractivity contribution in [1.29, 1.82) is 0 Å². The predicted octanol–water partition coefficient (Wildman–Crippen LogP) is 7.98. The average Bonchev–Trinajstić information content (AvgIpc) is 3.11. The summed E-state index contributed by atoms with van der Waals surface area (Å²) < 4.78 is 6.26. The molecule has 0 spiro atoms. The summed E-state index contributed by atoms with van der Waals surface area (Å²) in [5.74, 6) is 6.67. The number of aliphatic hydroxyl groups is 1. The van der Waals surface area contributed by atoms with Gasteiger partial charge in [0.2, 0.25) is 0 Å². The van der Waals surface area contributed by atoms with Gasteiger partial charge in [-0.1, -0.05) is 61.3 Å². The van der Waals surface area contributed by atoms with Gasteiger partial charge in [0, 0.05) is 7.11 Å². The lowest BCUT2D eigenvalue weighted by Gasteiger charge is -2.63. The largest absolute Gasteiger partial charge is 0.393 e. The van der Waals surface area contributed by atoms with Gasteiger partial charge in [0.15, 0.2) is 0 Å². The van der Waals surface area contributed by atoms with E-state index in [4.69, 9.17) is 4.74 Å². The molecule has 0 aromatic heterocycles. The molecule has 0 aromatic rings. The Morgan fingerprint density at radius 3 is 2.21 bits per heavy atom. The van der Waals surface area contributed by atoms with Crippen LogP contribution >= 0.6 is 0 Å². The van der Waals surface area contributed by atoms with Crippen LogP contribution in [0.4, 0.5) is 0 Å². The summed E-state index contributed by atoms with van der Waals surface area (Å²) in [4.78, 5) is 0. The number of aliphatic hydroxyl groups excluding tert-OH is 1. The topological polar surface area (TPSA) is 29.5 Å². The van der Waals surface area contributed by atoms with Gasteiger partial charge in [-0.05, 0) is 115 Å². The summed E-state index contributed by atoms with van der Waals surface area (Å²) in [6.45, 7) is 17.1. The molecule has 0 heterocycles. The molecule has 12 atom stereocenters. The summed E-state index contributed by atoms with van der Waals surface area (Å²) in [5.41, 5.74) is 0.951. The molecule has 4 fully saturated rings. The minimum absolute atomic E-state index is 0.138. The van der Waals surface area contributed by atoms with Crippen molar-refractivity contribution < 1.29 is 9.84 Å². The van der Waals surface area contributed by atoms with Gasteiger partial charge >= 0.3 is 0 Å². The predicted molar refractivity (Wildman–Crippen MR) is 139 cm³/mol. The van der Waals surface area contributed by atoms with Crippen LogP contribution in [0.25, 0.3) is 0 Å². The smallest absolute Gasteiger partial charge is 0.0607 e. The Morgan fingerprint density at radius 1 is 0.909 bits per heavy atom. The summed E-state index contributed by atoms with van der Waals surface area (Å²) >= 11 is 0. The first kappa shape index (κ1) is 26.0. The van der Waals surface area contributed by atoms with Gasteiger partial charge in [-0.3, -0.25) is 0 Å². The Morgan fingerprint density at radius 2 is 1.58 bits per heavy atom. The standard InChI is InChI=1S/C31H56O2/c1-9-22(19(2)3)28(32)17-21(5)24-10-11-25-23-18-29(33-8)27-16-20(4)12-14-31(27,7)26(23)13-15-30(24,25)6/h19-29,32H,9-18H2,1-8H3/t20-,21-,22+,23?,24?,25?,26?,27?,28-,29-,30-,31-/m1/s1. The van der Waals surface area contributed by atoms with Gasteiger partial charge < -0.3 is 9.84 Å². The maximum atomic E-state index is 11.1. The van der Waals surface area contributed by atoms with E-state index in [-0.39, 0.29) is 6.10 Å². The number of ether oxygens (including phenoxy) is 1. The molecule has 2 heteroatoms. The van der Waals surface area contributed by atoms with Crippen molar-refractivity contribution in [2.75, 3.05) is 7.11 Å². The van der Waals surface area contributed by atoms with Crippen molar-refractivity contribution in [1.82, 2.24) is 0 Å². The SMILES string of the molecule is CC[C@@H](C(C)C)[C@H](O)C[C@@H](C)C1CCC2C3C[C@@H](OC)C4C[C@H](C)CC[C@]4(C)C3CC[C@@]21C. The third-order valence-electron chi connectivity index (χ3n) is 12.4. The molecule has 0 radical (unpaired) electrons. The second-order valence-corrected chi connectivity index (χ2v) is 14.2. The molecule has 5 unspecified atom stereocenters. The van der Waals surface area contributed by atoms with Gasteiger partial charge in [0.05, 0.1) is 12.2 Å². The van der Waals surface area contributed by atoms with E-state index < -0.39 is 0 Å². The van der Waals surface area contributed by atoms with Crippen LogP contribution < -0.4 is 0 Å². The van der Waals surface area contributed by atoms with E-state index in [9.17, 15) is 5.11 Å². The minimum atomic E-state index is -0.138. The van der Waals surface area contributed by atoms with E-state index in [0.29, 0.717) is 34.7 Å². The monoisotopic (exact) mass is 460 g/mol. The zero-order valence-corrected chi connectivity index (χ0v) is 23.3. The van der Waals surface area contributed by atoms with Gasteiger partial charge in [-0.2, -0.15) is 0 Å². The van der Waals surface area contributed by atoms with Crippen LogP contribution in [0.15, 0.2) is 0 Å². The lowest BCUT2D eigenvalue weighted by atomic mass is 9.43. The van der Waals surface area contributed by atoms with Crippen LogP contribution in [0, 0.1) is 64.1 Å². The van der Waals surface area contributed by atoms with Crippen LogP contribution in [-0.2, 0) is 4.74 Å². The molecule has 0 aromatic carbocycles. The van der Waals surface area contributed by atoms with Gasteiger partial charge in [0.25, 0.3) is 0 Å². The van der Waals surface area contributed by atoms with Crippen molar-refractivity contribution in [2.24, 2.45) is 64.1 Å². The molecule has 0 amide bonds. The Kier molecular flexibility index (Phi) is 7.69. The highest BCUT2D eigenvalue weighted by Crippen LogP contribution is 2.69. The third-order valence-corrected chi connectivity index (χ3v) is 12.4. The molecule has 4 saturated carbocycles. The summed E-state index contributed by atoms with van der Waals surface area (Å²) in [6, 6.07) is 0. The molecule has 0 bridgehead atoms. The van der Waals surface area contributed by atoms with E-state index in [1.165, 1.54) is 51.4 Å². The summed E-state index contributed by atoms with van der Waals surface area (Å²) in [5, 5.41) is 11.1. The van der Waals surface area contributed by atoms with E-state index in [2.05, 4.69) is 48.5 Å². The summed E-state index contributed by atoms with van der Waals surface area (Å²) in [6.07, 6.45) is 13.6. The average molecular weight is 461 g/mol. The lowest BCUT2D eigenvalue weighted by Crippen LogP contribution is -2.58. The molecule has 4 aliphatic carbocycles. The molecular formula is C31H56O2. The molecular weight excluding hydrogens is 404 g/mol. The molecule has 4 rings (SSSR count). The Bertz CT molecular complexity index is 659. The highest BCUT2D eigenvalue weighted by atomic mass is 16.5. The van der Waals surface area contributed by atoms with Crippen molar-refractivity contribution in [3.8, 4) is 0 Å². The Balaban J connectivity index is 1.52. The van der Waals surface area contributed by atoms with Gasteiger partial charge in [-0.25, -0.2) is 0 Å².